The van der Waals surface area contributed by atoms with Gasteiger partial charge in [-0.2, -0.15) is 0 Å². The number of thioether (sulfide) groups is 1. The molecule has 1 atom stereocenters. The van der Waals surface area contributed by atoms with Crippen LogP contribution < -0.4 is 0 Å². The van der Waals surface area contributed by atoms with Gasteiger partial charge in [-0.1, -0.05) is 27.7 Å². The zero-order chi connectivity index (χ0) is 10.6. The summed E-state index contributed by atoms with van der Waals surface area (Å²) in [6, 6.07) is 0. The molecule has 0 rings (SSSR count). The third-order valence-electron chi connectivity index (χ3n) is 1.75. The Morgan fingerprint density at radius 1 is 1.38 bits per heavy atom. The van der Waals surface area contributed by atoms with Crippen LogP contribution in [0.2, 0.25) is 0 Å². The van der Waals surface area contributed by atoms with E-state index in [1.54, 1.807) is 0 Å². The van der Waals surface area contributed by atoms with Crippen molar-refractivity contribution in [3.63, 3.8) is 0 Å². The average molecular weight is 204 g/mol. The second kappa shape index (κ2) is 4.89. The van der Waals surface area contributed by atoms with Crippen molar-refractivity contribution in [1.29, 1.82) is 0 Å². The highest BCUT2D eigenvalue weighted by Gasteiger charge is 2.35. The van der Waals surface area contributed by atoms with Gasteiger partial charge in [0.25, 0.3) is 0 Å². The molecule has 0 saturated heterocycles. The Labute approximate surface area is 85.1 Å². The number of carboxylic acids is 1. The van der Waals surface area contributed by atoms with Crippen molar-refractivity contribution < 1.29 is 9.90 Å². The fourth-order valence-corrected chi connectivity index (χ4v) is 3.06. The van der Waals surface area contributed by atoms with Crippen LogP contribution in [-0.2, 0) is 4.79 Å². The topological polar surface area (TPSA) is 37.3 Å². The fraction of sp³-hybridized carbons (Fsp3) is 0.900. The lowest BCUT2D eigenvalue weighted by Crippen LogP contribution is -2.34. The Kier molecular flexibility index (Phi) is 4.82. The first-order valence-corrected chi connectivity index (χ1v) is 5.57. The lowest BCUT2D eigenvalue weighted by atomic mass is 9.98. The number of hydrogen-bond acceptors (Lipinski definition) is 2. The molecule has 0 aliphatic rings. The number of rotatable bonds is 5. The van der Waals surface area contributed by atoms with E-state index in [2.05, 4.69) is 13.8 Å². The molecule has 0 radical (unpaired) electrons. The van der Waals surface area contributed by atoms with E-state index in [9.17, 15) is 4.79 Å². The third-order valence-corrected chi connectivity index (χ3v) is 3.08. The van der Waals surface area contributed by atoms with Gasteiger partial charge >= 0.3 is 5.97 Å². The van der Waals surface area contributed by atoms with Crippen LogP contribution in [-0.4, -0.2) is 21.1 Å². The lowest BCUT2D eigenvalue weighted by molar-refractivity contribution is -0.139. The minimum absolute atomic E-state index is 0.361. The minimum Gasteiger partial charge on any atom is -0.480 e. The van der Waals surface area contributed by atoms with E-state index in [0.29, 0.717) is 11.2 Å². The molecule has 0 aromatic carbocycles. The van der Waals surface area contributed by atoms with Gasteiger partial charge in [-0.25, -0.2) is 0 Å². The first-order chi connectivity index (χ1) is 5.78. The molecule has 0 aromatic heterocycles. The molecule has 0 spiro atoms. The SMILES string of the molecule is CC(C)CC(C)(SC(C)C)C(=O)O. The van der Waals surface area contributed by atoms with E-state index in [-0.39, 0.29) is 0 Å². The maximum absolute atomic E-state index is 11.1. The highest BCUT2D eigenvalue weighted by molar-refractivity contribution is 8.01. The highest BCUT2D eigenvalue weighted by atomic mass is 32.2. The Hall–Kier alpha value is -0.180. The van der Waals surface area contributed by atoms with Crippen LogP contribution in [0.3, 0.4) is 0 Å². The molecule has 0 aliphatic heterocycles. The first kappa shape index (κ1) is 12.8. The summed E-state index contributed by atoms with van der Waals surface area (Å²) in [4.78, 5) is 11.1. The molecule has 0 aliphatic carbocycles. The van der Waals surface area contributed by atoms with E-state index < -0.39 is 10.7 Å². The molecule has 3 heteroatoms. The molecule has 0 heterocycles. The van der Waals surface area contributed by atoms with Crippen LogP contribution in [0.25, 0.3) is 0 Å². The van der Waals surface area contributed by atoms with E-state index in [1.165, 1.54) is 11.8 Å². The van der Waals surface area contributed by atoms with Crippen LogP contribution >= 0.6 is 11.8 Å². The van der Waals surface area contributed by atoms with Crippen LogP contribution in [0.4, 0.5) is 0 Å². The molecule has 1 N–H and O–H groups in total. The van der Waals surface area contributed by atoms with Crippen molar-refractivity contribution in [1.82, 2.24) is 0 Å². The zero-order valence-corrected chi connectivity index (χ0v) is 9.94. The van der Waals surface area contributed by atoms with E-state index in [0.717, 1.165) is 6.42 Å². The van der Waals surface area contributed by atoms with Gasteiger partial charge in [0.1, 0.15) is 4.75 Å². The van der Waals surface area contributed by atoms with Crippen molar-refractivity contribution in [3.05, 3.63) is 0 Å². The van der Waals surface area contributed by atoms with Gasteiger partial charge in [0, 0.05) is 5.25 Å². The van der Waals surface area contributed by atoms with Gasteiger partial charge in [-0.05, 0) is 19.3 Å². The lowest BCUT2D eigenvalue weighted by Gasteiger charge is -2.27. The second-order valence-corrected chi connectivity index (χ2v) is 6.38. The molecule has 2 nitrogen and oxygen atoms in total. The van der Waals surface area contributed by atoms with Gasteiger partial charge in [0.2, 0.25) is 0 Å². The normalized spacial score (nSPS) is 16.2. The van der Waals surface area contributed by atoms with Crippen LogP contribution in [0.15, 0.2) is 0 Å². The van der Waals surface area contributed by atoms with E-state index in [4.69, 9.17) is 5.11 Å². The maximum Gasteiger partial charge on any atom is 0.319 e. The predicted molar refractivity (Wildman–Crippen MR) is 58.2 cm³/mol. The van der Waals surface area contributed by atoms with Crippen molar-refractivity contribution in [2.45, 2.75) is 51.0 Å². The quantitative estimate of drug-likeness (QED) is 0.748. The van der Waals surface area contributed by atoms with Gasteiger partial charge in [-0.15, -0.1) is 11.8 Å². The summed E-state index contributed by atoms with van der Waals surface area (Å²) in [5, 5.41) is 9.47. The fourth-order valence-electron chi connectivity index (χ4n) is 1.49. The first-order valence-electron chi connectivity index (χ1n) is 4.69. The molecule has 0 bridgehead atoms. The molecule has 13 heavy (non-hydrogen) atoms. The van der Waals surface area contributed by atoms with Gasteiger partial charge < -0.3 is 5.11 Å². The van der Waals surface area contributed by atoms with Gasteiger partial charge in [-0.3, -0.25) is 4.79 Å². The molecule has 0 fully saturated rings. The number of aliphatic carboxylic acids is 1. The van der Waals surface area contributed by atoms with Crippen molar-refractivity contribution in [2.24, 2.45) is 5.92 Å². The maximum atomic E-state index is 11.1. The van der Waals surface area contributed by atoms with Gasteiger partial charge in [0.15, 0.2) is 0 Å². The molecular weight excluding hydrogens is 184 g/mol. The summed E-state index contributed by atoms with van der Waals surface area (Å²) >= 11 is 1.54. The number of hydrogen-bond donors (Lipinski definition) is 1. The third kappa shape index (κ3) is 4.55. The molecular formula is C10H20O2S. The Bertz CT molecular complexity index is 166. The summed E-state index contributed by atoms with van der Waals surface area (Å²) < 4.78 is -0.623. The van der Waals surface area contributed by atoms with E-state index >= 15 is 0 Å². The minimum atomic E-state index is -0.695. The number of carboxylic acid groups (broad SMARTS) is 1. The summed E-state index contributed by atoms with van der Waals surface area (Å²) in [5.74, 6) is -0.271. The Balaban J connectivity index is 4.43. The average Bonchev–Trinajstić information content (AvgIpc) is 1.82. The predicted octanol–water partition coefficient (Wildman–Crippen LogP) is 3.02. The van der Waals surface area contributed by atoms with Crippen molar-refractivity contribution in [2.75, 3.05) is 0 Å². The standard InChI is InChI=1S/C10H20O2S/c1-7(2)6-10(5,9(11)12)13-8(3)4/h7-8H,6H2,1-5H3,(H,11,12). The molecule has 0 amide bonds. The molecule has 78 valence electrons. The number of carbonyl (C=O) groups is 1. The molecule has 0 aromatic rings. The summed E-state index contributed by atoms with van der Waals surface area (Å²) in [7, 11) is 0. The Morgan fingerprint density at radius 3 is 2.08 bits per heavy atom. The van der Waals surface area contributed by atoms with Crippen LogP contribution in [0.1, 0.15) is 41.0 Å². The van der Waals surface area contributed by atoms with E-state index in [1.807, 2.05) is 20.8 Å². The van der Waals surface area contributed by atoms with Crippen molar-refractivity contribution >= 4 is 17.7 Å². The summed E-state index contributed by atoms with van der Waals surface area (Å²) in [5.41, 5.74) is 0. The zero-order valence-electron chi connectivity index (χ0n) is 9.13. The monoisotopic (exact) mass is 204 g/mol. The smallest absolute Gasteiger partial charge is 0.319 e. The summed E-state index contributed by atoms with van der Waals surface area (Å²) in [6.45, 7) is 10.0. The van der Waals surface area contributed by atoms with Crippen LogP contribution in [0.5, 0.6) is 0 Å². The largest absolute Gasteiger partial charge is 0.480 e. The van der Waals surface area contributed by atoms with Gasteiger partial charge in [0.05, 0.1) is 0 Å². The van der Waals surface area contributed by atoms with Crippen LogP contribution in [0, 0.1) is 5.92 Å². The second-order valence-electron chi connectivity index (χ2n) is 4.30. The highest BCUT2D eigenvalue weighted by Crippen LogP contribution is 2.35. The Morgan fingerprint density at radius 2 is 1.85 bits per heavy atom. The molecule has 1 unspecified atom stereocenters. The van der Waals surface area contributed by atoms with Crippen molar-refractivity contribution in [3.8, 4) is 0 Å². The summed E-state index contributed by atoms with van der Waals surface area (Å²) in [6.07, 6.45) is 0.727. The molecule has 0 saturated carbocycles.